The number of rotatable bonds is 0. The lowest BCUT2D eigenvalue weighted by Crippen LogP contribution is -2.53. The minimum absolute atomic E-state index is 0.00579. The number of hydrogen-bond acceptors (Lipinski definition) is 1. The lowest BCUT2D eigenvalue weighted by molar-refractivity contribution is -0.173. The van der Waals surface area contributed by atoms with Crippen molar-refractivity contribution < 1.29 is 8.78 Å². The number of nitrogens with one attached hydrogen (secondary N) is 1. The molecule has 12 heavy (non-hydrogen) atoms. The van der Waals surface area contributed by atoms with Crippen LogP contribution in [0.15, 0.2) is 0 Å². The van der Waals surface area contributed by atoms with Crippen molar-refractivity contribution in [2.45, 2.75) is 44.6 Å². The van der Waals surface area contributed by atoms with Gasteiger partial charge in [-0.15, -0.1) is 0 Å². The van der Waals surface area contributed by atoms with Crippen LogP contribution in [0.1, 0.15) is 32.6 Å². The summed E-state index contributed by atoms with van der Waals surface area (Å²) in [6.07, 6.45) is 2.13. The van der Waals surface area contributed by atoms with Gasteiger partial charge in [0.1, 0.15) is 0 Å². The van der Waals surface area contributed by atoms with Crippen LogP contribution in [0.4, 0.5) is 8.78 Å². The van der Waals surface area contributed by atoms with E-state index >= 15 is 0 Å². The maximum Gasteiger partial charge on any atom is 0.249 e. The van der Waals surface area contributed by atoms with Gasteiger partial charge >= 0.3 is 0 Å². The Morgan fingerprint density at radius 2 is 2.00 bits per heavy atom. The number of hydrogen-bond donors (Lipinski definition) is 1. The van der Waals surface area contributed by atoms with Gasteiger partial charge in [-0.1, -0.05) is 0 Å². The van der Waals surface area contributed by atoms with Crippen LogP contribution in [-0.2, 0) is 0 Å². The van der Waals surface area contributed by atoms with Crippen LogP contribution in [0.2, 0.25) is 0 Å². The Morgan fingerprint density at radius 3 is 2.50 bits per heavy atom. The molecule has 1 N–H and O–H groups in total. The van der Waals surface area contributed by atoms with E-state index in [2.05, 4.69) is 12.2 Å². The Bertz CT molecular complexity index is 177. The maximum atomic E-state index is 12.7. The van der Waals surface area contributed by atoms with Gasteiger partial charge in [-0.3, -0.25) is 0 Å². The Hall–Kier alpha value is -0.180. The molecule has 1 nitrogen and oxygen atoms in total. The molecule has 1 aliphatic heterocycles. The summed E-state index contributed by atoms with van der Waals surface area (Å²) in [7, 11) is 0. The van der Waals surface area contributed by atoms with Crippen LogP contribution in [0.25, 0.3) is 0 Å². The molecule has 0 aromatic rings. The fraction of sp³-hybridized carbons (Fsp3) is 1.00. The van der Waals surface area contributed by atoms with Crippen LogP contribution in [0.5, 0.6) is 0 Å². The van der Waals surface area contributed by atoms with Crippen molar-refractivity contribution in [2.75, 3.05) is 6.54 Å². The molecule has 70 valence electrons. The highest BCUT2D eigenvalue weighted by molar-refractivity contribution is 5.02. The van der Waals surface area contributed by atoms with Crippen LogP contribution in [-0.4, -0.2) is 18.5 Å². The zero-order valence-corrected chi connectivity index (χ0v) is 7.37. The first-order chi connectivity index (χ1) is 5.52. The van der Waals surface area contributed by atoms with Crippen molar-refractivity contribution >= 4 is 0 Å². The molecule has 1 saturated carbocycles. The second kappa shape index (κ2) is 2.41. The van der Waals surface area contributed by atoms with E-state index in [9.17, 15) is 8.78 Å². The summed E-state index contributed by atoms with van der Waals surface area (Å²) >= 11 is 0. The predicted octanol–water partition coefficient (Wildman–Crippen LogP) is 2.17. The lowest BCUT2D eigenvalue weighted by Gasteiger charge is -2.51. The molecule has 2 rings (SSSR count). The van der Waals surface area contributed by atoms with Crippen molar-refractivity contribution in [1.82, 2.24) is 5.32 Å². The first-order valence-corrected chi connectivity index (χ1v) is 4.63. The van der Waals surface area contributed by atoms with Gasteiger partial charge in [0, 0.05) is 18.9 Å². The molecular weight excluding hydrogens is 160 g/mol. The SMILES string of the molecule is CC1CC2(CCN1)CC(F)(F)C2. The molecule has 0 aromatic heterocycles. The summed E-state index contributed by atoms with van der Waals surface area (Å²) in [5, 5.41) is 3.29. The van der Waals surface area contributed by atoms with E-state index in [4.69, 9.17) is 0 Å². The number of halogens is 2. The van der Waals surface area contributed by atoms with Gasteiger partial charge in [-0.05, 0) is 31.7 Å². The van der Waals surface area contributed by atoms with Gasteiger partial charge in [-0.2, -0.15) is 0 Å². The Labute approximate surface area is 71.5 Å². The number of alkyl halides is 2. The van der Waals surface area contributed by atoms with Crippen molar-refractivity contribution in [2.24, 2.45) is 5.41 Å². The van der Waals surface area contributed by atoms with E-state index < -0.39 is 5.92 Å². The van der Waals surface area contributed by atoms with Crippen molar-refractivity contribution in [3.8, 4) is 0 Å². The standard InChI is InChI=1S/C9H15F2N/c1-7-4-8(2-3-12-7)5-9(10,11)6-8/h7,12H,2-6H2,1H3. The Balaban J connectivity index is 1.96. The molecule has 0 aromatic carbocycles. The van der Waals surface area contributed by atoms with E-state index in [0.717, 1.165) is 19.4 Å². The predicted molar refractivity (Wildman–Crippen MR) is 43.3 cm³/mol. The molecule has 1 atom stereocenters. The second-order valence-corrected chi connectivity index (χ2v) is 4.52. The largest absolute Gasteiger partial charge is 0.314 e. The molecule has 1 saturated heterocycles. The van der Waals surface area contributed by atoms with Crippen LogP contribution >= 0.6 is 0 Å². The minimum Gasteiger partial charge on any atom is -0.314 e. The first kappa shape index (κ1) is 8.42. The highest BCUT2D eigenvalue weighted by atomic mass is 19.3. The highest BCUT2D eigenvalue weighted by Crippen LogP contribution is 2.57. The summed E-state index contributed by atoms with van der Waals surface area (Å²) in [6, 6.07) is 0.426. The Kier molecular flexibility index (Phi) is 1.69. The summed E-state index contributed by atoms with van der Waals surface area (Å²) in [5.41, 5.74) is -0.00579. The third-order valence-electron chi connectivity index (χ3n) is 3.15. The molecule has 0 bridgehead atoms. The third kappa shape index (κ3) is 1.35. The summed E-state index contributed by atoms with van der Waals surface area (Å²) in [4.78, 5) is 0. The summed E-state index contributed by atoms with van der Waals surface area (Å²) < 4.78 is 25.3. The molecule has 2 aliphatic rings. The smallest absolute Gasteiger partial charge is 0.249 e. The molecule has 3 heteroatoms. The average Bonchev–Trinajstić information content (AvgIpc) is 1.81. The topological polar surface area (TPSA) is 12.0 Å². The van der Waals surface area contributed by atoms with Gasteiger partial charge in [0.25, 0.3) is 0 Å². The van der Waals surface area contributed by atoms with Crippen molar-refractivity contribution in [1.29, 1.82) is 0 Å². The maximum absolute atomic E-state index is 12.7. The van der Waals surface area contributed by atoms with Gasteiger partial charge in [0.05, 0.1) is 0 Å². The molecule has 1 heterocycles. The molecule has 1 unspecified atom stereocenters. The fourth-order valence-corrected chi connectivity index (χ4v) is 2.77. The normalized spacial score (nSPS) is 37.8. The fourth-order valence-electron chi connectivity index (χ4n) is 2.77. The van der Waals surface area contributed by atoms with Crippen molar-refractivity contribution in [3.05, 3.63) is 0 Å². The van der Waals surface area contributed by atoms with E-state index in [1.807, 2.05) is 0 Å². The van der Waals surface area contributed by atoms with E-state index in [1.54, 1.807) is 0 Å². The molecule has 2 fully saturated rings. The van der Waals surface area contributed by atoms with Crippen LogP contribution < -0.4 is 5.32 Å². The lowest BCUT2D eigenvalue weighted by atomic mass is 9.60. The van der Waals surface area contributed by atoms with Crippen LogP contribution in [0.3, 0.4) is 0 Å². The summed E-state index contributed by atoms with van der Waals surface area (Å²) in [5.74, 6) is -2.35. The highest BCUT2D eigenvalue weighted by Gasteiger charge is 2.56. The Morgan fingerprint density at radius 1 is 1.33 bits per heavy atom. The minimum atomic E-state index is -2.35. The quantitative estimate of drug-likeness (QED) is 0.595. The zero-order chi connectivity index (χ0) is 8.82. The molecule has 0 amide bonds. The third-order valence-corrected chi connectivity index (χ3v) is 3.15. The van der Waals surface area contributed by atoms with Gasteiger partial charge in [-0.25, -0.2) is 8.78 Å². The molecule has 1 spiro atoms. The molecule has 0 radical (unpaired) electrons. The molecular formula is C9H15F2N. The summed E-state index contributed by atoms with van der Waals surface area (Å²) in [6.45, 7) is 2.99. The van der Waals surface area contributed by atoms with Gasteiger partial charge in [0.2, 0.25) is 5.92 Å². The number of piperidine rings is 1. The van der Waals surface area contributed by atoms with Gasteiger partial charge in [0.15, 0.2) is 0 Å². The van der Waals surface area contributed by atoms with Crippen molar-refractivity contribution in [3.63, 3.8) is 0 Å². The average molecular weight is 175 g/mol. The van der Waals surface area contributed by atoms with Gasteiger partial charge < -0.3 is 5.32 Å². The monoisotopic (exact) mass is 175 g/mol. The van der Waals surface area contributed by atoms with E-state index in [1.165, 1.54) is 0 Å². The van der Waals surface area contributed by atoms with Crippen LogP contribution in [0, 0.1) is 5.41 Å². The first-order valence-electron chi connectivity index (χ1n) is 4.63. The van der Waals surface area contributed by atoms with E-state index in [-0.39, 0.29) is 18.3 Å². The van der Waals surface area contributed by atoms with E-state index in [0.29, 0.717) is 6.04 Å². The zero-order valence-electron chi connectivity index (χ0n) is 7.37. The molecule has 1 aliphatic carbocycles. The second-order valence-electron chi connectivity index (χ2n) is 4.52.